The molecule has 16 heavy (non-hydrogen) atoms. The Balaban J connectivity index is 2.49. The first kappa shape index (κ1) is 11.7. The van der Waals surface area contributed by atoms with Crippen LogP contribution in [-0.2, 0) is 11.8 Å². The second-order valence-electron chi connectivity index (χ2n) is 5.13. The van der Waals surface area contributed by atoms with Crippen LogP contribution in [0.1, 0.15) is 44.7 Å². The van der Waals surface area contributed by atoms with Gasteiger partial charge in [0.15, 0.2) is 0 Å². The van der Waals surface area contributed by atoms with Crippen molar-refractivity contribution in [3.05, 3.63) is 35.4 Å². The summed E-state index contributed by atoms with van der Waals surface area (Å²) in [6.45, 7) is 8.05. The van der Waals surface area contributed by atoms with Gasteiger partial charge in [-0.3, -0.25) is 0 Å². The van der Waals surface area contributed by atoms with Gasteiger partial charge in [0.05, 0.1) is 0 Å². The molecule has 88 valence electrons. The summed E-state index contributed by atoms with van der Waals surface area (Å²) in [5.41, 5.74) is 3.47. The Morgan fingerprint density at radius 1 is 1.25 bits per heavy atom. The molecule has 1 aliphatic heterocycles. The first-order valence-corrected chi connectivity index (χ1v) is 6.53. The van der Waals surface area contributed by atoms with Crippen molar-refractivity contribution in [3.8, 4) is 0 Å². The monoisotopic (exact) mass is 217 g/mol. The molecule has 0 spiro atoms. The number of hydrogen-bond acceptors (Lipinski definition) is 1. The molecule has 0 amide bonds. The maximum absolute atomic E-state index is 3.68. The summed E-state index contributed by atoms with van der Waals surface area (Å²) in [7, 11) is 0. The van der Waals surface area contributed by atoms with E-state index >= 15 is 0 Å². The minimum Gasteiger partial charge on any atom is -0.313 e. The Morgan fingerprint density at radius 3 is 2.62 bits per heavy atom. The molecule has 0 radical (unpaired) electrons. The zero-order chi connectivity index (χ0) is 11.6. The van der Waals surface area contributed by atoms with E-state index in [1.807, 2.05) is 0 Å². The lowest BCUT2D eigenvalue weighted by Crippen LogP contribution is -2.38. The second-order valence-corrected chi connectivity index (χ2v) is 5.13. The predicted octanol–water partition coefficient (Wildman–Crippen LogP) is 3.28. The van der Waals surface area contributed by atoms with Crippen LogP contribution in [0, 0.1) is 0 Å². The Morgan fingerprint density at radius 2 is 1.94 bits per heavy atom. The summed E-state index contributed by atoms with van der Waals surface area (Å²) in [6, 6.07) is 9.60. The molecule has 1 atom stereocenters. The normalized spacial score (nSPS) is 23.6. The minimum atomic E-state index is 0.349. The molecule has 0 aromatic heterocycles. The summed E-state index contributed by atoms with van der Waals surface area (Å²) in [5.74, 6) is 0. The summed E-state index contributed by atoms with van der Waals surface area (Å²) in [4.78, 5) is 0. The Labute approximate surface area is 99.3 Å². The largest absolute Gasteiger partial charge is 0.313 e. The Hall–Kier alpha value is -0.820. The standard InChI is InChI=1S/C15H23N/c1-4-15(5-2)11-16-12(3)10-13-8-6-7-9-14(13)15/h6-9,12,16H,4-5,10-11H2,1-3H3/t12-/m1/s1. The van der Waals surface area contributed by atoms with Gasteiger partial charge in [-0.25, -0.2) is 0 Å². The predicted molar refractivity (Wildman–Crippen MR) is 69.9 cm³/mol. The molecule has 1 nitrogen and oxygen atoms in total. The third-order valence-corrected chi connectivity index (χ3v) is 4.26. The molecule has 1 aromatic carbocycles. The van der Waals surface area contributed by atoms with Crippen LogP contribution < -0.4 is 5.32 Å². The van der Waals surface area contributed by atoms with Crippen LogP contribution in [0.4, 0.5) is 0 Å². The molecule has 1 N–H and O–H groups in total. The Bertz CT molecular complexity index is 352. The smallest absolute Gasteiger partial charge is 0.00796 e. The van der Waals surface area contributed by atoms with Crippen molar-refractivity contribution in [2.24, 2.45) is 0 Å². The second kappa shape index (κ2) is 4.58. The third kappa shape index (κ3) is 1.89. The molecule has 1 heteroatoms. The van der Waals surface area contributed by atoms with Crippen LogP contribution in [0.5, 0.6) is 0 Å². The van der Waals surface area contributed by atoms with Crippen molar-refractivity contribution in [2.45, 2.75) is 51.5 Å². The molecule has 1 heterocycles. The molecule has 0 saturated carbocycles. The van der Waals surface area contributed by atoms with Gasteiger partial charge in [-0.1, -0.05) is 38.1 Å². The lowest BCUT2D eigenvalue weighted by molar-refractivity contribution is 0.364. The van der Waals surface area contributed by atoms with Crippen molar-refractivity contribution in [2.75, 3.05) is 6.54 Å². The van der Waals surface area contributed by atoms with E-state index in [4.69, 9.17) is 0 Å². The fourth-order valence-electron chi connectivity index (χ4n) is 2.96. The van der Waals surface area contributed by atoms with Crippen LogP contribution in [0.25, 0.3) is 0 Å². The summed E-state index contributed by atoms with van der Waals surface area (Å²) in [5, 5.41) is 3.68. The highest BCUT2D eigenvalue weighted by molar-refractivity contribution is 5.36. The van der Waals surface area contributed by atoms with E-state index in [9.17, 15) is 0 Å². The zero-order valence-corrected chi connectivity index (χ0v) is 10.7. The number of nitrogens with one attached hydrogen (secondary N) is 1. The topological polar surface area (TPSA) is 12.0 Å². The molecule has 0 saturated heterocycles. The number of rotatable bonds is 2. The molecule has 0 bridgehead atoms. The lowest BCUT2D eigenvalue weighted by atomic mass is 9.74. The van der Waals surface area contributed by atoms with E-state index < -0.39 is 0 Å². The first-order chi connectivity index (χ1) is 7.72. The molecule has 0 fully saturated rings. The highest BCUT2D eigenvalue weighted by atomic mass is 14.9. The van der Waals surface area contributed by atoms with Gasteiger partial charge < -0.3 is 5.32 Å². The lowest BCUT2D eigenvalue weighted by Gasteiger charge is -2.32. The van der Waals surface area contributed by atoms with Crippen LogP contribution >= 0.6 is 0 Å². The van der Waals surface area contributed by atoms with Crippen molar-refractivity contribution in [1.29, 1.82) is 0 Å². The van der Waals surface area contributed by atoms with Crippen LogP contribution in [-0.4, -0.2) is 12.6 Å². The molecule has 1 aliphatic rings. The van der Waals surface area contributed by atoms with Gasteiger partial charge in [0.25, 0.3) is 0 Å². The number of fused-ring (bicyclic) bond motifs is 1. The number of benzene rings is 1. The van der Waals surface area contributed by atoms with Crippen LogP contribution in [0.3, 0.4) is 0 Å². The maximum atomic E-state index is 3.68. The third-order valence-electron chi connectivity index (χ3n) is 4.26. The van der Waals surface area contributed by atoms with Crippen LogP contribution in [0.2, 0.25) is 0 Å². The molecule has 0 aliphatic carbocycles. The first-order valence-electron chi connectivity index (χ1n) is 6.53. The van der Waals surface area contributed by atoms with Gasteiger partial charge in [-0.2, -0.15) is 0 Å². The van der Waals surface area contributed by atoms with Gasteiger partial charge >= 0.3 is 0 Å². The van der Waals surface area contributed by atoms with E-state index in [1.165, 1.54) is 12.8 Å². The van der Waals surface area contributed by atoms with E-state index in [1.54, 1.807) is 11.1 Å². The average molecular weight is 217 g/mol. The molecular formula is C15H23N. The Kier molecular flexibility index (Phi) is 3.34. The van der Waals surface area contributed by atoms with E-state index in [0.717, 1.165) is 13.0 Å². The van der Waals surface area contributed by atoms with Crippen molar-refractivity contribution in [3.63, 3.8) is 0 Å². The van der Waals surface area contributed by atoms with Gasteiger partial charge in [0, 0.05) is 18.0 Å². The average Bonchev–Trinajstić information content (AvgIpc) is 2.46. The fourth-order valence-corrected chi connectivity index (χ4v) is 2.96. The van der Waals surface area contributed by atoms with E-state index in [-0.39, 0.29) is 0 Å². The maximum Gasteiger partial charge on any atom is 0.00796 e. The molecule has 2 rings (SSSR count). The highest BCUT2D eigenvalue weighted by Gasteiger charge is 2.32. The van der Waals surface area contributed by atoms with Gasteiger partial charge in [0.1, 0.15) is 0 Å². The van der Waals surface area contributed by atoms with Crippen molar-refractivity contribution in [1.82, 2.24) is 5.32 Å². The molecular weight excluding hydrogens is 194 g/mol. The van der Waals surface area contributed by atoms with Gasteiger partial charge in [-0.05, 0) is 37.3 Å². The summed E-state index contributed by atoms with van der Waals surface area (Å²) >= 11 is 0. The summed E-state index contributed by atoms with van der Waals surface area (Å²) < 4.78 is 0. The SMILES string of the molecule is CCC1(CC)CN[C@H](C)Cc2ccccc21. The summed E-state index contributed by atoms with van der Waals surface area (Å²) in [6.07, 6.45) is 3.61. The molecule has 1 aromatic rings. The molecule has 0 unspecified atom stereocenters. The minimum absolute atomic E-state index is 0.349. The van der Waals surface area contributed by atoms with Crippen molar-refractivity contribution < 1.29 is 0 Å². The van der Waals surface area contributed by atoms with Crippen molar-refractivity contribution >= 4 is 0 Å². The fraction of sp³-hybridized carbons (Fsp3) is 0.600. The van der Waals surface area contributed by atoms with Crippen LogP contribution in [0.15, 0.2) is 24.3 Å². The van der Waals surface area contributed by atoms with Gasteiger partial charge in [0.2, 0.25) is 0 Å². The van der Waals surface area contributed by atoms with E-state index in [2.05, 4.69) is 50.4 Å². The highest BCUT2D eigenvalue weighted by Crippen LogP contribution is 2.35. The number of hydrogen-bond donors (Lipinski definition) is 1. The van der Waals surface area contributed by atoms with Gasteiger partial charge in [-0.15, -0.1) is 0 Å². The zero-order valence-electron chi connectivity index (χ0n) is 10.7. The van der Waals surface area contributed by atoms with E-state index in [0.29, 0.717) is 11.5 Å². The quantitative estimate of drug-likeness (QED) is 0.801.